The highest BCUT2D eigenvalue weighted by Crippen LogP contribution is 2.31. The standard InChI is InChI=1S/C13H16N2O2S/c1-15-13(12-5-6-18(16,17)9-12)11-4-2-3-10(7-11)8-14/h2-4,7,12-13,15H,5-6,9H2,1H3. The van der Waals surface area contributed by atoms with Crippen molar-refractivity contribution in [2.24, 2.45) is 5.92 Å². The molecule has 0 amide bonds. The maximum absolute atomic E-state index is 11.5. The summed E-state index contributed by atoms with van der Waals surface area (Å²) in [5.74, 6) is 0.595. The number of nitrogens with zero attached hydrogens (tertiary/aromatic N) is 1. The molecule has 2 atom stereocenters. The summed E-state index contributed by atoms with van der Waals surface area (Å²) in [7, 11) is -1.05. The molecule has 96 valence electrons. The van der Waals surface area contributed by atoms with Gasteiger partial charge in [-0.2, -0.15) is 5.26 Å². The van der Waals surface area contributed by atoms with E-state index in [-0.39, 0.29) is 23.5 Å². The number of hydrogen-bond acceptors (Lipinski definition) is 4. The van der Waals surface area contributed by atoms with E-state index < -0.39 is 9.84 Å². The highest BCUT2D eigenvalue weighted by atomic mass is 32.2. The van der Waals surface area contributed by atoms with Gasteiger partial charge < -0.3 is 5.32 Å². The van der Waals surface area contributed by atoms with Crippen molar-refractivity contribution < 1.29 is 8.42 Å². The minimum Gasteiger partial charge on any atom is -0.313 e. The summed E-state index contributed by atoms with van der Waals surface area (Å²) in [6, 6.07) is 9.45. The van der Waals surface area contributed by atoms with Gasteiger partial charge >= 0.3 is 0 Å². The van der Waals surface area contributed by atoms with E-state index in [0.717, 1.165) is 5.56 Å². The lowest BCUT2D eigenvalue weighted by Crippen LogP contribution is -2.26. The zero-order valence-electron chi connectivity index (χ0n) is 10.3. The van der Waals surface area contributed by atoms with E-state index in [1.165, 1.54) is 0 Å². The van der Waals surface area contributed by atoms with E-state index in [2.05, 4.69) is 11.4 Å². The summed E-state index contributed by atoms with van der Waals surface area (Å²) >= 11 is 0. The normalized spacial score (nSPS) is 23.4. The second-order valence-corrected chi connectivity index (χ2v) is 6.90. The van der Waals surface area contributed by atoms with E-state index in [1.807, 2.05) is 25.2 Å². The molecular formula is C13H16N2O2S. The SMILES string of the molecule is CNC(c1cccc(C#N)c1)C1CCS(=O)(=O)C1. The van der Waals surface area contributed by atoms with Crippen molar-refractivity contribution in [2.75, 3.05) is 18.6 Å². The summed E-state index contributed by atoms with van der Waals surface area (Å²) in [5.41, 5.74) is 1.59. The van der Waals surface area contributed by atoms with Gasteiger partial charge in [0.05, 0.1) is 23.1 Å². The molecule has 1 aromatic carbocycles. The van der Waals surface area contributed by atoms with E-state index in [1.54, 1.807) is 6.07 Å². The van der Waals surface area contributed by atoms with Crippen LogP contribution in [0.1, 0.15) is 23.6 Å². The smallest absolute Gasteiger partial charge is 0.150 e. The minimum atomic E-state index is -2.88. The Morgan fingerprint density at radius 3 is 2.83 bits per heavy atom. The molecule has 4 nitrogen and oxygen atoms in total. The number of nitriles is 1. The fourth-order valence-electron chi connectivity index (χ4n) is 2.56. The minimum absolute atomic E-state index is 0.00410. The topological polar surface area (TPSA) is 70.0 Å². The first-order valence-electron chi connectivity index (χ1n) is 5.93. The number of rotatable bonds is 3. The molecule has 0 radical (unpaired) electrons. The third-order valence-electron chi connectivity index (χ3n) is 3.42. The Morgan fingerprint density at radius 2 is 2.28 bits per heavy atom. The Bertz CT molecular complexity index is 575. The number of sulfone groups is 1. The van der Waals surface area contributed by atoms with E-state index >= 15 is 0 Å². The van der Waals surface area contributed by atoms with Crippen LogP contribution in [0.2, 0.25) is 0 Å². The van der Waals surface area contributed by atoms with Crippen molar-refractivity contribution in [1.82, 2.24) is 5.32 Å². The Hall–Kier alpha value is -1.38. The monoisotopic (exact) mass is 264 g/mol. The van der Waals surface area contributed by atoms with Crippen LogP contribution in [-0.2, 0) is 9.84 Å². The van der Waals surface area contributed by atoms with Crippen LogP contribution in [0.25, 0.3) is 0 Å². The van der Waals surface area contributed by atoms with Gasteiger partial charge in [-0.3, -0.25) is 0 Å². The van der Waals surface area contributed by atoms with Gasteiger partial charge in [-0.1, -0.05) is 12.1 Å². The van der Waals surface area contributed by atoms with Crippen LogP contribution < -0.4 is 5.32 Å². The molecule has 0 aromatic heterocycles. The van der Waals surface area contributed by atoms with Crippen molar-refractivity contribution in [3.8, 4) is 6.07 Å². The predicted octanol–water partition coefficient (Wildman–Crippen LogP) is 1.25. The highest BCUT2D eigenvalue weighted by Gasteiger charge is 2.33. The van der Waals surface area contributed by atoms with Gasteiger partial charge in [0.1, 0.15) is 0 Å². The lowest BCUT2D eigenvalue weighted by atomic mass is 9.92. The Morgan fingerprint density at radius 1 is 1.50 bits per heavy atom. The van der Waals surface area contributed by atoms with Crippen molar-refractivity contribution in [1.29, 1.82) is 5.26 Å². The fraction of sp³-hybridized carbons (Fsp3) is 0.462. The average molecular weight is 264 g/mol. The van der Waals surface area contributed by atoms with Crippen LogP contribution in [0, 0.1) is 17.2 Å². The van der Waals surface area contributed by atoms with Crippen LogP contribution in [0.4, 0.5) is 0 Å². The van der Waals surface area contributed by atoms with Crippen LogP contribution in [0.3, 0.4) is 0 Å². The molecule has 1 N–H and O–H groups in total. The average Bonchev–Trinajstić information content (AvgIpc) is 2.71. The molecule has 1 fully saturated rings. The largest absolute Gasteiger partial charge is 0.313 e. The van der Waals surface area contributed by atoms with Gasteiger partial charge in [0.25, 0.3) is 0 Å². The highest BCUT2D eigenvalue weighted by molar-refractivity contribution is 7.91. The molecule has 2 unspecified atom stereocenters. The first kappa shape index (κ1) is 13.1. The molecule has 1 saturated heterocycles. The molecule has 1 aliphatic rings. The van der Waals surface area contributed by atoms with Gasteiger partial charge in [-0.25, -0.2) is 8.42 Å². The molecule has 1 aromatic rings. The predicted molar refractivity (Wildman–Crippen MR) is 69.7 cm³/mol. The summed E-state index contributed by atoms with van der Waals surface area (Å²) in [6.45, 7) is 0. The second kappa shape index (κ2) is 5.09. The molecule has 0 spiro atoms. The third-order valence-corrected chi connectivity index (χ3v) is 5.22. The van der Waals surface area contributed by atoms with E-state index in [0.29, 0.717) is 12.0 Å². The lowest BCUT2D eigenvalue weighted by molar-refractivity contribution is 0.418. The third kappa shape index (κ3) is 2.71. The quantitative estimate of drug-likeness (QED) is 0.892. The van der Waals surface area contributed by atoms with Crippen LogP contribution in [0.15, 0.2) is 24.3 Å². The van der Waals surface area contributed by atoms with Crippen molar-refractivity contribution in [3.63, 3.8) is 0 Å². The van der Waals surface area contributed by atoms with Gasteiger partial charge in [-0.15, -0.1) is 0 Å². The van der Waals surface area contributed by atoms with E-state index in [4.69, 9.17) is 5.26 Å². The maximum atomic E-state index is 11.5. The van der Waals surface area contributed by atoms with Crippen LogP contribution >= 0.6 is 0 Å². The Balaban J connectivity index is 2.26. The van der Waals surface area contributed by atoms with Gasteiger partial charge in [0.15, 0.2) is 9.84 Å². The fourth-order valence-corrected chi connectivity index (χ4v) is 4.40. The van der Waals surface area contributed by atoms with Crippen LogP contribution in [0.5, 0.6) is 0 Å². The zero-order valence-corrected chi connectivity index (χ0v) is 11.1. The summed E-state index contributed by atoms with van der Waals surface area (Å²) in [6.07, 6.45) is 0.685. The van der Waals surface area contributed by atoms with Gasteiger partial charge in [0.2, 0.25) is 0 Å². The molecule has 0 saturated carbocycles. The van der Waals surface area contributed by atoms with Crippen molar-refractivity contribution in [3.05, 3.63) is 35.4 Å². The molecule has 5 heteroatoms. The van der Waals surface area contributed by atoms with Gasteiger partial charge in [-0.05, 0) is 37.1 Å². The van der Waals surface area contributed by atoms with E-state index in [9.17, 15) is 8.42 Å². The molecule has 1 aliphatic heterocycles. The molecular weight excluding hydrogens is 248 g/mol. The Kier molecular flexibility index (Phi) is 3.69. The van der Waals surface area contributed by atoms with Crippen LogP contribution in [-0.4, -0.2) is 27.0 Å². The molecule has 0 bridgehead atoms. The summed E-state index contributed by atoms with van der Waals surface area (Å²) in [4.78, 5) is 0. The number of hydrogen-bond donors (Lipinski definition) is 1. The molecule has 2 rings (SSSR count). The second-order valence-electron chi connectivity index (χ2n) is 4.67. The molecule has 18 heavy (non-hydrogen) atoms. The maximum Gasteiger partial charge on any atom is 0.150 e. The number of nitrogens with one attached hydrogen (secondary N) is 1. The first-order chi connectivity index (χ1) is 8.55. The lowest BCUT2D eigenvalue weighted by Gasteiger charge is -2.22. The Labute approximate surface area is 108 Å². The van der Waals surface area contributed by atoms with Crippen molar-refractivity contribution in [2.45, 2.75) is 12.5 Å². The number of benzene rings is 1. The summed E-state index contributed by atoms with van der Waals surface area (Å²) in [5, 5.41) is 12.1. The zero-order chi connectivity index (χ0) is 13.2. The first-order valence-corrected chi connectivity index (χ1v) is 7.75. The van der Waals surface area contributed by atoms with Gasteiger partial charge in [0, 0.05) is 6.04 Å². The summed E-state index contributed by atoms with van der Waals surface area (Å²) < 4.78 is 23.1. The van der Waals surface area contributed by atoms with Crippen molar-refractivity contribution >= 4 is 9.84 Å². The molecule has 0 aliphatic carbocycles. The molecule has 1 heterocycles.